The maximum atomic E-state index is 12.9. The number of hydrogen-bond acceptors (Lipinski definition) is 3. The Labute approximate surface area is 120 Å². The Bertz CT molecular complexity index is 848. The van der Waals surface area contributed by atoms with Gasteiger partial charge in [0.25, 0.3) is 5.56 Å². The van der Waals surface area contributed by atoms with Crippen LogP contribution < -0.4 is 5.56 Å². The smallest absolute Gasteiger partial charge is 0.265 e. The summed E-state index contributed by atoms with van der Waals surface area (Å²) in [5, 5.41) is 8.35. The molecule has 106 valence electrons. The molecule has 0 amide bonds. The molecule has 3 rings (SSSR count). The van der Waals surface area contributed by atoms with Gasteiger partial charge in [0.1, 0.15) is 17.7 Å². The summed E-state index contributed by atoms with van der Waals surface area (Å²) in [5.41, 5.74) is 1.58. The van der Waals surface area contributed by atoms with Gasteiger partial charge in [-0.2, -0.15) is 10.2 Å². The molecule has 0 bridgehead atoms. The Hall–Kier alpha value is -2.76. The van der Waals surface area contributed by atoms with E-state index in [2.05, 4.69) is 16.8 Å². The minimum Gasteiger partial charge on any atom is -0.265 e. The molecule has 2 aromatic heterocycles. The number of halogens is 1. The second kappa shape index (κ2) is 5.32. The number of fused-ring (bicyclic) bond motifs is 1. The molecular weight excluding hydrogens is 271 g/mol. The molecule has 3 aromatic rings. The van der Waals surface area contributed by atoms with Gasteiger partial charge in [-0.1, -0.05) is 6.08 Å². The van der Waals surface area contributed by atoms with Crippen LogP contribution in [-0.2, 0) is 6.54 Å². The quantitative estimate of drug-likeness (QED) is 0.691. The fourth-order valence-electron chi connectivity index (χ4n) is 2.07. The van der Waals surface area contributed by atoms with Gasteiger partial charge in [-0.25, -0.2) is 13.6 Å². The fourth-order valence-corrected chi connectivity index (χ4v) is 2.07. The maximum absolute atomic E-state index is 12.9. The molecule has 1 aromatic carbocycles. The van der Waals surface area contributed by atoms with Gasteiger partial charge in [-0.3, -0.25) is 4.79 Å². The topological polar surface area (TPSA) is 52.2 Å². The summed E-state index contributed by atoms with van der Waals surface area (Å²) in [4.78, 5) is 12.3. The van der Waals surface area contributed by atoms with Crippen molar-refractivity contribution in [3.05, 3.63) is 65.5 Å². The summed E-state index contributed by atoms with van der Waals surface area (Å²) >= 11 is 0. The van der Waals surface area contributed by atoms with Gasteiger partial charge in [0, 0.05) is 12.1 Å². The van der Waals surface area contributed by atoms with Crippen molar-refractivity contribution < 1.29 is 4.39 Å². The zero-order chi connectivity index (χ0) is 14.8. The third-order valence-corrected chi connectivity index (χ3v) is 3.17. The summed E-state index contributed by atoms with van der Waals surface area (Å²) in [6, 6.07) is 7.66. The van der Waals surface area contributed by atoms with Crippen molar-refractivity contribution in [2.75, 3.05) is 0 Å². The maximum Gasteiger partial charge on any atom is 0.292 e. The number of hydrogen-bond donors (Lipinski definition) is 0. The summed E-state index contributed by atoms with van der Waals surface area (Å²) in [6.45, 7) is 4.11. The van der Waals surface area contributed by atoms with Gasteiger partial charge < -0.3 is 0 Å². The summed E-state index contributed by atoms with van der Waals surface area (Å²) in [7, 11) is 0. The molecule has 5 nitrogen and oxygen atoms in total. The Kier molecular flexibility index (Phi) is 3.35. The van der Waals surface area contributed by atoms with Gasteiger partial charge in [0.15, 0.2) is 0 Å². The van der Waals surface area contributed by atoms with E-state index in [-0.39, 0.29) is 11.4 Å². The lowest BCUT2D eigenvalue weighted by molar-refractivity contribution is 0.573. The Morgan fingerprint density at radius 1 is 1.29 bits per heavy atom. The van der Waals surface area contributed by atoms with Gasteiger partial charge in [0.2, 0.25) is 0 Å². The van der Waals surface area contributed by atoms with E-state index in [1.807, 2.05) is 0 Å². The largest absolute Gasteiger partial charge is 0.292 e. The zero-order valence-corrected chi connectivity index (χ0v) is 11.2. The molecule has 0 N–H and O–H groups in total. The monoisotopic (exact) mass is 284 g/mol. The first-order valence-electron chi connectivity index (χ1n) is 6.51. The summed E-state index contributed by atoms with van der Waals surface area (Å²) in [6.07, 6.45) is 3.90. The highest BCUT2D eigenvalue weighted by Gasteiger charge is 2.09. The highest BCUT2D eigenvalue weighted by Crippen LogP contribution is 2.18. The van der Waals surface area contributed by atoms with Crippen LogP contribution in [0.1, 0.15) is 6.42 Å². The van der Waals surface area contributed by atoms with E-state index in [4.69, 9.17) is 0 Å². The zero-order valence-electron chi connectivity index (χ0n) is 11.2. The van der Waals surface area contributed by atoms with Gasteiger partial charge in [-0.05, 0) is 36.8 Å². The molecule has 21 heavy (non-hydrogen) atoms. The van der Waals surface area contributed by atoms with E-state index < -0.39 is 0 Å². The molecule has 0 saturated carbocycles. The average Bonchev–Trinajstić information content (AvgIpc) is 2.92. The molecule has 0 radical (unpaired) electrons. The van der Waals surface area contributed by atoms with Gasteiger partial charge >= 0.3 is 0 Å². The third kappa shape index (κ3) is 2.47. The predicted molar refractivity (Wildman–Crippen MR) is 77.5 cm³/mol. The van der Waals surface area contributed by atoms with Crippen LogP contribution in [0.25, 0.3) is 16.8 Å². The molecule has 6 heteroatoms. The Morgan fingerprint density at radius 2 is 2.05 bits per heavy atom. The molecule has 0 saturated heterocycles. The van der Waals surface area contributed by atoms with Crippen LogP contribution in [0.3, 0.4) is 0 Å². The van der Waals surface area contributed by atoms with E-state index in [9.17, 15) is 9.18 Å². The van der Waals surface area contributed by atoms with E-state index in [0.29, 0.717) is 24.2 Å². The first kappa shape index (κ1) is 13.2. The normalized spacial score (nSPS) is 10.9. The van der Waals surface area contributed by atoms with Crippen LogP contribution in [0.15, 0.2) is 54.1 Å². The van der Waals surface area contributed by atoms with E-state index in [0.717, 1.165) is 5.56 Å². The lowest BCUT2D eigenvalue weighted by atomic mass is 10.1. The molecule has 0 fully saturated rings. The number of allylic oxidation sites excluding steroid dienone is 1. The van der Waals surface area contributed by atoms with E-state index in [1.54, 1.807) is 24.3 Å². The van der Waals surface area contributed by atoms with E-state index >= 15 is 0 Å². The van der Waals surface area contributed by atoms with Crippen molar-refractivity contribution in [2.24, 2.45) is 0 Å². The standard InChI is InChI=1S/C15H13FN4O/c1-2-3-8-19-15(21)14-9-13(18-20(14)10-17-19)11-4-6-12(16)7-5-11/h2,4-7,9-10H,1,3,8H2. The first-order valence-corrected chi connectivity index (χ1v) is 6.51. The number of benzene rings is 1. The van der Waals surface area contributed by atoms with Crippen LogP contribution in [0.5, 0.6) is 0 Å². The number of rotatable bonds is 4. The molecule has 0 atom stereocenters. The van der Waals surface area contributed by atoms with Gasteiger partial charge in [0.05, 0.1) is 5.69 Å². The van der Waals surface area contributed by atoms with Crippen LogP contribution in [0.4, 0.5) is 4.39 Å². The van der Waals surface area contributed by atoms with Crippen molar-refractivity contribution in [1.29, 1.82) is 0 Å². The highest BCUT2D eigenvalue weighted by molar-refractivity contribution is 5.65. The second-order valence-corrected chi connectivity index (χ2v) is 4.60. The lowest BCUT2D eigenvalue weighted by Gasteiger charge is -2.01. The Balaban J connectivity index is 2.07. The average molecular weight is 284 g/mol. The Morgan fingerprint density at radius 3 is 2.76 bits per heavy atom. The number of aromatic nitrogens is 4. The summed E-state index contributed by atoms with van der Waals surface area (Å²) < 4.78 is 15.8. The SMILES string of the molecule is C=CCCn1ncn2nc(-c3ccc(F)cc3)cc2c1=O. The number of aryl methyl sites for hydroxylation is 1. The molecular formula is C15H13FN4O. The molecule has 0 aliphatic rings. The van der Waals surface area contributed by atoms with Crippen molar-refractivity contribution in [2.45, 2.75) is 13.0 Å². The predicted octanol–water partition coefficient (Wildman–Crippen LogP) is 2.27. The molecule has 0 aliphatic carbocycles. The molecule has 0 spiro atoms. The first-order chi connectivity index (χ1) is 10.2. The van der Waals surface area contributed by atoms with Crippen LogP contribution in [0, 0.1) is 5.82 Å². The van der Waals surface area contributed by atoms with Crippen LogP contribution in [-0.4, -0.2) is 19.4 Å². The molecule has 2 heterocycles. The highest BCUT2D eigenvalue weighted by atomic mass is 19.1. The van der Waals surface area contributed by atoms with Crippen molar-refractivity contribution in [3.63, 3.8) is 0 Å². The molecule has 0 aliphatic heterocycles. The second-order valence-electron chi connectivity index (χ2n) is 4.60. The minimum absolute atomic E-state index is 0.208. The number of nitrogens with zero attached hydrogens (tertiary/aromatic N) is 4. The third-order valence-electron chi connectivity index (χ3n) is 3.17. The van der Waals surface area contributed by atoms with E-state index in [1.165, 1.54) is 27.7 Å². The van der Waals surface area contributed by atoms with Crippen LogP contribution >= 0.6 is 0 Å². The van der Waals surface area contributed by atoms with Crippen LogP contribution in [0.2, 0.25) is 0 Å². The lowest BCUT2D eigenvalue weighted by Crippen LogP contribution is -2.24. The van der Waals surface area contributed by atoms with Crippen molar-refractivity contribution in [1.82, 2.24) is 19.4 Å². The molecule has 0 unspecified atom stereocenters. The van der Waals surface area contributed by atoms with Crippen molar-refractivity contribution in [3.8, 4) is 11.3 Å². The van der Waals surface area contributed by atoms with Crippen molar-refractivity contribution >= 4 is 5.52 Å². The summed E-state index contributed by atoms with van der Waals surface area (Å²) in [5.74, 6) is -0.309. The minimum atomic E-state index is -0.309. The fraction of sp³-hybridized carbons (Fsp3) is 0.133. The van der Waals surface area contributed by atoms with Gasteiger partial charge in [-0.15, -0.1) is 6.58 Å².